The summed E-state index contributed by atoms with van der Waals surface area (Å²) in [4.78, 5) is 15.4. The summed E-state index contributed by atoms with van der Waals surface area (Å²) in [7, 11) is 0. The maximum Gasteiger partial charge on any atom is 0.235 e. The van der Waals surface area contributed by atoms with E-state index in [9.17, 15) is 9.90 Å². The second-order valence-corrected chi connectivity index (χ2v) is 7.41. The normalized spacial score (nSPS) is 21.9. The Morgan fingerprint density at radius 2 is 2.14 bits per heavy atom. The van der Waals surface area contributed by atoms with Gasteiger partial charge in [-0.15, -0.1) is 11.8 Å². The van der Waals surface area contributed by atoms with E-state index in [0.717, 1.165) is 24.3 Å². The lowest BCUT2D eigenvalue weighted by molar-refractivity contribution is -0.132. The Hall–Kier alpha value is -0.710. The van der Waals surface area contributed by atoms with Crippen molar-refractivity contribution in [2.45, 2.75) is 42.9 Å². The summed E-state index contributed by atoms with van der Waals surface area (Å²) in [6, 6.07) is 7.59. The van der Waals surface area contributed by atoms with Gasteiger partial charge in [-0.2, -0.15) is 0 Å². The molecule has 1 amide bonds. The van der Waals surface area contributed by atoms with Gasteiger partial charge in [0.2, 0.25) is 5.91 Å². The molecule has 1 aromatic carbocycles. The molecule has 1 N–H and O–H groups in total. The van der Waals surface area contributed by atoms with Crippen molar-refractivity contribution in [3.8, 4) is 0 Å². The van der Waals surface area contributed by atoms with Crippen molar-refractivity contribution in [1.29, 1.82) is 0 Å². The summed E-state index contributed by atoms with van der Waals surface area (Å²) < 4.78 is 0. The van der Waals surface area contributed by atoms with Gasteiger partial charge >= 0.3 is 0 Å². The molecule has 1 fully saturated rings. The van der Waals surface area contributed by atoms with Crippen molar-refractivity contribution in [3.63, 3.8) is 0 Å². The van der Waals surface area contributed by atoms with Crippen molar-refractivity contribution < 1.29 is 9.90 Å². The lowest BCUT2D eigenvalue weighted by Crippen LogP contribution is -2.45. The Bertz CT molecular complexity index is 495. The number of aliphatic hydroxyl groups excluding tert-OH is 1. The zero-order valence-corrected chi connectivity index (χ0v) is 14.0. The van der Waals surface area contributed by atoms with Gasteiger partial charge in [-0.3, -0.25) is 4.79 Å². The average molecular weight is 328 g/mol. The number of aliphatic hydroxyl groups is 1. The molecule has 1 aromatic rings. The molecule has 0 saturated carbocycles. The van der Waals surface area contributed by atoms with E-state index in [2.05, 4.69) is 0 Å². The van der Waals surface area contributed by atoms with Gasteiger partial charge in [0.05, 0.1) is 16.4 Å². The van der Waals surface area contributed by atoms with Crippen LogP contribution in [0.15, 0.2) is 29.2 Å². The molecule has 1 aliphatic rings. The summed E-state index contributed by atoms with van der Waals surface area (Å²) in [6.45, 7) is 5.17. The number of benzene rings is 1. The Labute approximate surface area is 135 Å². The van der Waals surface area contributed by atoms with E-state index in [1.807, 2.05) is 36.1 Å². The minimum absolute atomic E-state index is 0.130. The Kier molecular flexibility index (Phi) is 5.97. The third-order valence-electron chi connectivity index (χ3n) is 3.94. The predicted molar refractivity (Wildman–Crippen MR) is 87.8 cm³/mol. The molecule has 3 nitrogen and oxygen atoms in total. The summed E-state index contributed by atoms with van der Waals surface area (Å²) in [5.74, 6) is 0.325. The SMILES string of the molecule is CC(Sc1ccccc1Cl)C(=O)N1CCCC(C(C)O)C1. The van der Waals surface area contributed by atoms with Crippen LogP contribution in [0.5, 0.6) is 0 Å². The van der Waals surface area contributed by atoms with E-state index in [4.69, 9.17) is 11.6 Å². The first-order valence-electron chi connectivity index (χ1n) is 7.37. The van der Waals surface area contributed by atoms with Crippen LogP contribution < -0.4 is 0 Å². The van der Waals surface area contributed by atoms with E-state index in [0.29, 0.717) is 11.6 Å². The zero-order valence-electron chi connectivity index (χ0n) is 12.5. The number of piperidine rings is 1. The molecule has 5 heteroatoms. The fourth-order valence-corrected chi connectivity index (χ4v) is 3.88. The molecule has 2 rings (SSSR count). The highest BCUT2D eigenvalue weighted by Gasteiger charge is 2.29. The van der Waals surface area contributed by atoms with Crippen molar-refractivity contribution in [3.05, 3.63) is 29.3 Å². The molecule has 116 valence electrons. The van der Waals surface area contributed by atoms with Gasteiger partial charge in [0.15, 0.2) is 0 Å². The third kappa shape index (κ3) is 4.38. The number of nitrogens with zero attached hydrogens (tertiary/aromatic N) is 1. The van der Waals surface area contributed by atoms with Crippen LogP contribution in [0.4, 0.5) is 0 Å². The number of hydrogen-bond acceptors (Lipinski definition) is 3. The highest BCUT2D eigenvalue weighted by Crippen LogP contribution is 2.31. The van der Waals surface area contributed by atoms with E-state index in [1.54, 1.807) is 6.92 Å². The topological polar surface area (TPSA) is 40.5 Å². The number of amides is 1. The first kappa shape index (κ1) is 16.7. The quantitative estimate of drug-likeness (QED) is 0.861. The summed E-state index contributed by atoms with van der Waals surface area (Å²) in [5, 5.41) is 10.2. The first-order valence-corrected chi connectivity index (χ1v) is 8.63. The van der Waals surface area contributed by atoms with Gasteiger partial charge in [-0.05, 0) is 38.8 Å². The maximum absolute atomic E-state index is 12.6. The van der Waals surface area contributed by atoms with Crippen LogP contribution >= 0.6 is 23.4 Å². The molecule has 1 saturated heterocycles. The molecule has 3 atom stereocenters. The largest absolute Gasteiger partial charge is 0.393 e. The number of likely N-dealkylation sites (tertiary alicyclic amines) is 1. The third-order valence-corrected chi connectivity index (χ3v) is 5.55. The fourth-order valence-electron chi connectivity index (χ4n) is 2.64. The molecule has 0 bridgehead atoms. The number of halogens is 1. The number of rotatable bonds is 4. The first-order chi connectivity index (χ1) is 9.99. The fraction of sp³-hybridized carbons (Fsp3) is 0.562. The van der Waals surface area contributed by atoms with Crippen molar-refractivity contribution in [2.24, 2.45) is 5.92 Å². The molecule has 1 aliphatic heterocycles. The molecule has 1 heterocycles. The Morgan fingerprint density at radius 3 is 2.81 bits per heavy atom. The second kappa shape index (κ2) is 7.52. The van der Waals surface area contributed by atoms with Crippen molar-refractivity contribution in [2.75, 3.05) is 13.1 Å². The van der Waals surface area contributed by atoms with Crippen LogP contribution in [0.1, 0.15) is 26.7 Å². The molecule has 0 radical (unpaired) electrons. The maximum atomic E-state index is 12.6. The van der Waals surface area contributed by atoms with Gasteiger partial charge in [0.1, 0.15) is 0 Å². The highest BCUT2D eigenvalue weighted by atomic mass is 35.5. The molecular formula is C16H22ClNO2S. The van der Waals surface area contributed by atoms with Crippen LogP contribution in [-0.4, -0.2) is 40.4 Å². The Balaban J connectivity index is 1.97. The zero-order chi connectivity index (χ0) is 15.4. The summed E-state index contributed by atoms with van der Waals surface area (Å²) >= 11 is 7.64. The van der Waals surface area contributed by atoms with Crippen LogP contribution in [0.3, 0.4) is 0 Å². The minimum atomic E-state index is -0.355. The van der Waals surface area contributed by atoms with Gasteiger partial charge in [-0.1, -0.05) is 23.7 Å². The lowest BCUT2D eigenvalue weighted by Gasteiger charge is -2.35. The van der Waals surface area contributed by atoms with Gasteiger partial charge in [-0.25, -0.2) is 0 Å². The molecule has 3 unspecified atom stereocenters. The minimum Gasteiger partial charge on any atom is -0.393 e. The van der Waals surface area contributed by atoms with Gasteiger partial charge in [0.25, 0.3) is 0 Å². The van der Waals surface area contributed by atoms with Crippen LogP contribution in [0.25, 0.3) is 0 Å². The Morgan fingerprint density at radius 1 is 1.43 bits per heavy atom. The molecule has 0 aromatic heterocycles. The van der Waals surface area contributed by atoms with Crippen LogP contribution in [0.2, 0.25) is 5.02 Å². The van der Waals surface area contributed by atoms with E-state index >= 15 is 0 Å². The van der Waals surface area contributed by atoms with Crippen LogP contribution in [0, 0.1) is 5.92 Å². The summed E-state index contributed by atoms with van der Waals surface area (Å²) in [6.07, 6.45) is 1.60. The van der Waals surface area contributed by atoms with E-state index in [1.165, 1.54) is 11.8 Å². The standard InChI is InChI=1S/C16H22ClNO2S/c1-11(19)13-6-5-9-18(10-13)16(20)12(2)21-15-8-4-3-7-14(15)17/h3-4,7-8,11-13,19H,5-6,9-10H2,1-2H3. The monoisotopic (exact) mass is 327 g/mol. The van der Waals surface area contributed by atoms with Gasteiger partial charge in [0, 0.05) is 23.9 Å². The molecule has 21 heavy (non-hydrogen) atoms. The second-order valence-electron chi connectivity index (χ2n) is 5.62. The number of thioether (sulfide) groups is 1. The average Bonchev–Trinajstić information content (AvgIpc) is 2.49. The lowest BCUT2D eigenvalue weighted by atomic mass is 9.93. The van der Waals surface area contributed by atoms with Gasteiger partial charge < -0.3 is 10.0 Å². The number of hydrogen-bond donors (Lipinski definition) is 1. The smallest absolute Gasteiger partial charge is 0.235 e. The number of carbonyl (C=O) groups excluding carboxylic acids is 1. The molecule has 0 spiro atoms. The van der Waals surface area contributed by atoms with Crippen molar-refractivity contribution in [1.82, 2.24) is 4.90 Å². The van der Waals surface area contributed by atoms with E-state index in [-0.39, 0.29) is 23.2 Å². The highest BCUT2D eigenvalue weighted by molar-refractivity contribution is 8.00. The van der Waals surface area contributed by atoms with Crippen molar-refractivity contribution >= 4 is 29.3 Å². The van der Waals surface area contributed by atoms with Crippen LogP contribution in [-0.2, 0) is 4.79 Å². The predicted octanol–water partition coefficient (Wildman–Crippen LogP) is 3.44. The summed E-state index contributed by atoms with van der Waals surface area (Å²) in [5.41, 5.74) is 0. The molecule has 0 aliphatic carbocycles. The van der Waals surface area contributed by atoms with E-state index < -0.39 is 0 Å². The molecular weight excluding hydrogens is 306 g/mol. The number of carbonyl (C=O) groups is 1.